The van der Waals surface area contributed by atoms with Gasteiger partial charge in [0, 0.05) is 19.2 Å². The molecular weight excluding hydrogens is 416 g/mol. The van der Waals surface area contributed by atoms with Crippen LogP contribution in [-0.2, 0) is 6.54 Å². The van der Waals surface area contributed by atoms with Gasteiger partial charge in [-0.15, -0.1) is 0 Å². The van der Waals surface area contributed by atoms with Crippen molar-refractivity contribution in [2.45, 2.75) is 51.7 Å². The highest BCUT2D eigenvalue weighted by atomic mass is 19.1. The maximum Gasteiger partial charge on any atom is 0.257 e. The molecule has 1 heterocycles. The zero-order chi connectivity index (χ0) is 22.8. The van der Waals surface area contributed by atoms with E-state index in [4.69, 9.17) is 9.47 Å². The number of phenolic OH excluding ortho intramolecular Hbond substituents is 1. The Hall–Kier alpha value is -2.83. The lowest BCUT2D eigenvalue weighted by molar-refractivity contribution is 0.0718. The van der Waals surface area contributed by atoms with Crippen molar-refractivity contribution in [3.63, 3.8) is 0 Å². The molecule has 1 unspecified atom stereocenters. The Bertz CT molecular complexity index is 988. The molecule has 0 radical (unpaired) electrons. The number of phenols is 1. The second-order valence-corrected chi connectivity index (χ2v) is 8.97. The first-order valence-electron chi connectivity index (χ1n) is 11.2. The Kier molecular flexibility index (Phi) is 6.53. The largest absolute Gasteiger partial charge is 0.505 e. The molecule has 1 aliphatic carbocycles. The van der Waals surface area contributed by atoms with E-state index in [1.165, 1.54) is 19.2 Å². The van der Waals surface area contributed by atoms with Gasteiger partial charge < -0.3 is 19.5 Å². The van der Waals surface area contributed by atoms with Crippen LogP contribution in [0.3, 0.4) is 0 Å². The number of hydrogen-bond acceptors (Lipinski definition) is 4. The van der Waals surface area contributed by atoms with Gasteiger partial charge in [0.1, 0.15) is 5.75 Å². The molecule has 172 valence electrons. The number of rotatable bonds is 7. The van der Waals surface area contributed by atoms with Gasteiger partial charge in [-0.05, 0) is 74.6 Å². The first-order valence-corrected chi connectivity index (χ1v) is 11.2. The van der Waals surface area contributed by atoms with Crippen LogP contribution < -0.4 is 9.47 Å². The van der Waals surface area contributed by atoms with Crippen LogP contribution in [0.4, 0.5) is 8.78 Å². The fraction of sp³-hybridized carbons (Fsp3) is 0.480. The minimum absolute atomic E-state index is 0.00275. The molecule has 1 saturated carbocycles. The van der Waals surface area contributed by atoms with Gasteiger partial charge in [0.15, 0.2) is 23.1 Å². The van der Waals surface area contributed by atoms with Crippen molar-refractivity contribution in [1.82, 2.24) is 4.90 Å². The molecule has 32 heavy (non-hydrogen) atoms. The summed E-state index contributed by atoms with van der Waals surface area (Å²) in [4.78, 5) is 14.3. The van der Waals surface area contributed by atoms with Crippen molar-refractivity contribution in [3.8, 4) is 17.2 Å². The Morgan fingerprint density at radius 1 is 1.12 bits per heavy atom. The number of hydrogen-bond donors (Lipinski definition) is 1. The molecule has 2 aromatic carbocycles. The van der Waals surface area contributed by atoms with Crippen molar-refractivity contribution < 1.29 is 28.2 Å². The molecule has 1 N–H and O–H groups in total. The fourth-order valence-corrected chi connectivity index (χ4v) is 4.98. The number of carbonyl (C=O) groups excluding carboxylic acids is 1. The summed E-state index contributed by atoms with van der Waals surface area (Å²) >= 11 is 0. The van der Waals surface area contributed by atoms with Gasteiger partial charge in [0.2, 0.25) is 0 Å². The highest BCUT2D eigenvalue weighted by molar-refractivity contribution is 5.99. The summed E-state index contributed by atoms with van der Waals surface area (Å²) in [5.41, 5.74) is 0.657. The summed E-state index contributed by atoms with van der Waals surface area (Å²) in [6.45, 7) is 3.03. The van der Waals surface area contributed by atoms with Gasteiger partial charge in [-0.1, -0.05) is 6.07 Å². The van der Waals surface area contributed by atoms with E-state index < -0.39 is 17.4 Å². The molecule has 5 nitrogen and oxygen atoms in total. The van der Waals surface area contributed by atoms with E-state index in [2.05, 4.69) is 0 Å². The normalized spacial score (nSPS) is 21.4. The maximum absolute atomic E-state index is 14.2. The van der Waals surface area contributed by atoms with Crippen LogP contribution in [0.2, 0.25) is 0 Å². The molecule has 1 fully saturated rings. The quantitative estimate of drug-likeness (QED) is 0.628. The summed E-state index contributed by atoms with van der Waals surface area (Å²) < 4.78 is 38.7. The predicted octanol–water partition coefficient (Wildman–Crippen LogP) is 5.30. The van der Waals surface area contributed by atoms with E-state index in [0.29, 0.717) is 36.2 Å². The average Bonchev–Trinajstić information content (AvgIpc) is 3.09. The lowest BCUT2D eigenvalue weighted by Gasteiger charge is -2.32. The number of benzene rings is 2. The van der Waals surface area contributed by atoms with E-state index >= 15 is 0 Å². The van der Waals surface area contributed by atoms with Crippen LogP contribution in [0.25, 0.3) is 0 Å². The zero-order valence-corrected chi connectivity index (χ0v) is 18.4. The van der Waals surface area contributed by atoms with Gasteiger partial charge in [0.25, 0.3) is 5.91 Å². The zero-order valence-electron chi connectivity index (χ0n) is 18.4. The molecule has 7 heteroatoms. The number of nitrogens with zero attached hydrogens (tertiary/aromatic N) is 1. The molecule has 0 saturated heterocycles. The molecule has 1 amide bonds. The van der Waals surface area contributed by atoms with Crippen molar-refractivity contribution >= 4 is 5.91 Å². The van der Waals surface area contributed by atoms with Crippen LogP contribution in [0, 0.1) is 23.5 Å². The number of fused-ring (bicyclic) bond motifs is 1. The molecule has 2 aliphatic rings. The average molecular weight is 446 g/mol. The van der Waals surface area contributed by atoms with Crippen LogP contribution in [-0.4, -0.2) is 35.7 Å². The Morgan fingerprint density at radius 3 is 2.56 bits per heavy atom. The van der Waals surface area contributed by atoms with Gasteiger partial charge in [0.05, 0.1) is 18.8 Å². The van der Waals surface area contributed by atoms with Crippen molar-refractivity contribution in [2.24, 2.45) is 11.8 Å². The van der Waals surface area contributed by atoms with Crippen LogP contribution in [0.15, 0.2) is 30.3 Å². The molecule has 1 atom stereocenters. The summed E-state index contributed by atoms with van der Waals surface area (Å²) in [5, 5.41) is 9.56. The minimum Gasteiger partial charge on any atom is -0.505 e. The molecule has 2 aromatic rings. The van der Waals surface area contributed by atoms with Crippen molar-refractivity contribution in [2.75, 3.05) is 13.7 Å². The third-order valence-electron chi connectivity index (χ3n) is 6.64. The van der Waals surface area contributed by atoms with E-state index in [1.54, 1.807) is 23.1 Å². The van der Waals surface area contributed by atoms with Crippen molar-refractivity contribution in [3.05, 3.63) is 53.1 Å². The number of carbonyl (C=O) groups is 1. The maximum atomic E-state index is 14.2. The second kappa shape index (κ2) is 9.35. The molecule has 0 aromatic heterocycles. The highest BCUT2D eigenvalue weighted by Gasteiger charge is 2.34. The summed E-state index contributed by atoms with van der Waals surface area (Å²) in [5.74, 6) is -0.347. The molecule has 4 rings (SSSR count). The SMILES string of the molecule is COc1cc(OC(C)CC2CCC(CN3Cc4ccc(O)c(F)c4C3=O)CC2)ccc1F. The molecule has 0 spiro atoms. The smallest absolute Gasteiger partial charge is 0.257 e. The fourth-order valence-electron chi connectivity index (χ4n) is 4.98. The van der Waals surface area contributed by atoms with Gasteiger partial charge in [-0.25, -0.2) is 8.78 Å². The highest BCUT2D eigenvalue weighted by Crippen LogP contribution is 2.36. The number of amides is 1. The summed E-state index contributed by atoms with van der Waals surface area (Å²) in [6.07, 6.45) is 5.03. The number of methoxy groups -OCH3 is 1. The van der Waals surface area contributed by atoms with Crippen LogP contribution in [0.1, 0.15) is 54.9 Å². The predicted molar refractivity (Wildman–Crippen MR) is 116 cm³/mol. The topological polar surface area (TPSA) is 59.0 Å². The van der Waals surface area contributed by atoms with Gasteiger partial charge in [-0.3, -0.25) is 4.79 Å². The van der Waals surface area contributed by atoms with Crippen LogP contribution in [0.5, 0.6) is 17.2 Å². The molecular formula is C25H29F2NO4. The van der Waals surface area contributed by atoms with Gasteiger partial charge in [-0.2, -0.15) is 0 Å². The van der Waals surface area contributed by atoms with E-state index in [9.17, 15) is 18.7 Å². The third kappa shape index (κ3) is 4.66. The number of aromatic hydroxyl groups is 1. The Morgan fingerprint density at radius 2 is 1.84 bits per heavy atom. The van der Waals surface area contributed by atoms with E-state index in [1.807, 2.05) is 6.92 Å². The standard InChI is InChI=1S/C25H29F2NO4/c1-15(32-19-8-9-20(26)22(12-19)31-2)11-16-3-5-17(6-4-16)13-28-14-18-7-10-21(29)24(27)23(18)25(28)30/h7-10,12,15-17,29H,3-6,11,13-14H2,1-2H3. The third-order valence-corrected chi connectivity index (χ3v) is 6.64. The van der Waals surface area contributed by atoms with Crippen LogP contribution >= 0.6 is 0 Å². The van der Waals surface area contributed by atoms with Crippen molar-refractivity contribution in [1.29, 1.82) is 0 Å². The molecule has 1 aliphatic heterocycles. The lowest BCUT2D eigenvalue weighted by atomic mass is 9.79. The Balaban J connectivity index is 1.25. The number of ether oxygens (including phenoxy) is 2. The second-order valence-electron chi connectivity index (χ2n) is 8.97. The monoisotopic (exact) mass is 445 g/mol. The lowest BCUT2D eigenvalue weighted by Crippen LogP contribution is -2.32. The number of halogens is 2. The summed E-state index contributed by atoms with van der Waals surface area (Å²) in [7, 11) is 1.43. The van der Waals surface area contributed by atoms with E-state index in [-0.39, 0.29) is 23.3 Å². The van der Waals surface area contributed by atoms with E-state index in [0.717, 1.165) is 32.1 Å². The Labute approximate surface area is 186 Å². The first-order chi connectivity index (χ1) is 15.4. The summed E-state index contributed by atoms with van der Waals surface area (Å²) in [6, 6.07) is 7.45. The first kappa shape index (κ1) is 22.4. The molecule has 0 bridgehead atoms. The minimum atomic E-state index is -0.813. The van der Waals surface area contributed by atoms with Gasteiger partial charge >= 0.3 is 0 Å².